The molecule has 2 amide bonds. The summed E-state index contributed by atoms with van der Waals surface area (Å²) in [5.74, 6) is 0.0343. The lowest BCUT2D eigenvalue weighted by molar-refractivity contribution is -0.125. The minimum Gasteiger partial charge on any atom is -0.352 e. The number of rotatable bonds is 6. The van der Waals surface area contributed by atoms with Gasteiger partial charge in [-0.15, -0.1) is 0 Å². The van der Waals surface area contributed by atoms with Crippen LogP contribution in [0.5, 0.6) is 0 Å². The van der Waals surface area contributed by atoms with Gasteiger partial charge in [0.2, 0.25) is 5.91 Å². The van der Waals surface area contributed by atoms with Crippen molar-refractivity contribution in [3.8, 4) is 11.4 Å². The van der Waals surface area contributed by atoms with Crippen molar-refractivity contribution in [2.45, 2.75) is 59.0 Å². The van der Waals surface area contributed by atoms with E-state index in [1.165, 1.54) is 0 Å². The Labute approximate surface area is 177 Å². The van der Waals surface area contributed by atoms with Crippen molar-refractivity contribution in [3.05, 3.63) is 41.7 Å². The number of aromatic nitrogens is 2. The molecule has 1 unspecified atom stereocenters. The number of imidazole rings is 1. The number of alkyl halides is 1. The molecule has 1 aliphatic heterocycles. The number of amides is 2. The van der Waals surface area contributed by atoms with E-state index in [9.17, 15) is 14.0 Å². The number of fused-ring (bicyclic) bond motifs is 1. The van der Waals surface area contributed by atoms with E-state index in [1.54, 1.807) is 0 Å². The molecule has 162 valence electrons. The molecule has 0 bridgehead atoms. The third kappa shape index (κ3) is 4.89. The van der Waals surface area contributed by atoms with Crippen molar-refractivity contribution in [3.63, 3.8) is 0 Å². The van der Waals surface area contributed by atoms with Crippen LogP contribution in [0.4, 0.5) is 4.39 Å². The summed E-state index contributed by atoms with van der Waals surface area (Å²) in [6, 6.07) is 9.05. The molecule has 0 saturated heterocycles. The molecule has 3 rings (SSSR count). The summed E-state index contributed by atoms with van der Waals surface area (Å²) >= 11 is 0. The average molecular weight is 415 g/mol. The summed E-state index contributed by atoms with van der Waals surface area (Å²) in [6.07, 6.45) is 3.92. The quantitative estimate of drug-likeness (QED) is 0.760. The zero-order valence-electron chi connectivity index (χ0n) is 18.0. The first kappa shape index (κ1) is 22.0. The molecule has 0 radical (unpaired) electrons. The van der Waals surface area contributed by atoms with E-state index in [4.69, 9.17) is 4.98 Å². The Morgan fingerprint density at radius 2 is 1.90 bits per heavy atom. The molecule has 2 aromatic rings. The second-order valence-corrected chi connectivity index (χ2v) is 8.81. The molecule has 0 spiro atoms. The van der Waals surface area contributed by atoms with Crippen LogP contribution in [0.2, 0.25) is 0 Å². The fourth-order valence-corrected chi connectivity index (χ4v) is 3.86. The van der Waals surface area contributed by atoms with Crippen molar-refractivity contribution in [2.24, 2.45) is 5.41 Å². The predicted octanol–water partition coefficient (Wildman–Crippen LogP) is 3.51. The smallest absolute Gasteiger partial charge is 0.272 e. The maximum absolute atomic E-state index is 13.3. The van der Waals surface area contributed by atoms with E-state index in [1.807, 2.05) is 51.1 Å². The largest absolute Gasteiger partial charge is 0.352 e. The minimum atomic E-state index is -0.792. The van der Waals surface area contributed by atoms with Gasteiger partial charge < -0.3 is 15.2 Å². The van der Waals surface area contributed by atoms with Crippen LogP contribution in [0.1, 0.15) is 56.2 Å². The van der Waals surface area contributed by atoms with Crippen LogP contribution in [-0.2, 0) is 17.8 Å². The lowest BCUT2D eigenvalue weighted by Gasteiger charge is -2.30. The number of nitrogens with one attached hydrogen (secondary N) is 2. The second-order valence-electron chi connectivity index (χ2n) is 8.81. The van der Waals surface area contributed by atoms with Crippen molar-refractivity contribution in [2.75, 3.05) is 13.2 Å². The van der Waals surface area contributed by atoms with E-state index in [2.05, 4.69) is 15.2 Å². The van der Waals surface area contributed by atoms with E-state index >= 15 is 0 Å². The van der Waals surface area contributed by atoms with E-state index < -0.39 is 18.1 Å². The number of carbonyl (C=O) groups excluding carboxylic acids is 2. The van der Waals surface area contributed by atoms with Crippen molar-refractivity contribution in [1.29, 1.82) is 0 Å². The van der Waals surface area contributed by atoms with Gasteiger partial charge in [0.05, 0.1) is 5.69 Å². The van der Waals surface area contributed by atoms with E-state index in [0.717, 1.165) is 49.3 Å². The molecular weight excluding hydrogens is 383 g/mol. The van der Waals surface area contributed by atoms with Gasteiger partial charge in [0.25, 0.3) is 5.91 Å². The van der Waals surface area contributed by atoms with Gasteiger partial charge in [-0.05, 0) is 24.7 Å². The normalized spacial score (nSPS) is 15.1. The summed E-state index contributed by atoms with van der Waals surface area (Å²) in [7, 11) is 0. The van der Waals surface area contributed by atoms with Crippen LogP contribution in [0.3, 0.4) is 0 Å². The molecule has 1 aromatic heterocycles. The molecule has 7 heteroatoms. The number of carbonyl (C=O) groups is 2. The zero-order valence-corrected chi connectivity index (χ0v) is 18.0. The number of nitrogens with zero attached hydrogens (tertiary/aromatic N) is 2. The van der Waals surface area contributed by atoms with Gasteiger partial charge in [0.1, 0.15) is 24.2 Å². The highest BCUT2D eigenvalue weighted by molar-refractivity contribution is 5.98. The maximum atomic E-state index is 13.3. The van der Waals surface area contributed by atoms with Gasteiger partial charge in [-0.2, -0.15) is 0 Å². The van der Waals surface area contributed by atoms with Crippen LogP contribution < -0.4 is 10.6 Å². The SMILES string of the molecule is CC(C)(C)C(NC(=O)c1nc(-c2ccccc2)n2c1CCCCC2)C(=O)NCCF. The molecular formula is C23H31FN4O2. The molecule has 1 atom stereocenters. The topological polar surface area (TPSA) is 76.0 Å². The first-order valence-electron chi connectivity index (χ1n) is 10.6. The average Bonchev–Trinajstić information content (AvgIpc) is 2.91. The number of benzene rings is 1. The van der Waals surface area contributed by atoms with Gasteiger partial charge >= 0.3 is 0 Å². The van der Waals surface area contributed by atoms with Gasteiger partial charge in [0.15, 0.2) is 0 Å². The van der Waals surface area contributed by atoms with Crippen LogP contribution >= 0.6 is 0 Å². The van der Waals surface area contributed by atoms with Crippen LogP contribution in [0, 0.1) is 5.41 Å². The molecule has 0 saturated carbocycles. The lowest BCUT2D eigenvalue weighted by atomic mass is 9.86. The third-order valence-electron chi connectivity index (χ3n) is 5.41. The number of halogens is 1. The highest BCUT2D eigenvalue weighted by atomic mass is 19.1. The molecule has 1 aromatic carbocycles. The van der Waals surface area contributed by atoms with E-state index in [-0.39, 0.29) is 18.4 Å². The first-order chi connectivity index (χ1) is 14.3. The monoisotopic (exact) mass is 414 g/mol. The molecule has 2 heterocycles. The predicted molar refractivity (Wildman–Crippen MR) is 115 cm³/mol. The molecule has 2 N–H and O–H groups in total. The van der Waals surface area contributed by atoms with Gasteiger partial charge in [-0.25, -0.2) is 9.37 Å². The summed E-state index contributed by atoms with van der Waals surface area (Å²) in [6.45, 7) is 5.71. The Hall–Kier alpha value is -2.70. The third-order valence-corrected chi connectivity index (χ3v) is 5.41. The Morgan fingerprint density at radius 3 is 2.57 bits per heavy atom. The van der Waals surface area contributed by atoms with Gasteiger partial charge in [-0.1, -0.05) is 57.5 Å². The van der Waals surface area contributed by atoms with Crippen LogP contribution in [-0.4, -0.2) is 40.6 Å². The summed E-state index contributed by atoms with van der Waals surface area (Å²) < 4.78 is 14.7. The molecule has 6 nitrogen and oxygen atoms in total. The number of hydrogen-bond donors (Lipinski definition) is 2. The minimum absolute atomic E-state index is 0.0701. The standard InChI is InChI=1S/C23H31FN4O2/c1-23(2,3)19(22(30)25-14-13-24)27-21(29)18-17-12-8-5-9-15-28(17)20(26-18)16-10-6-4-7-11-16/h4,6-7,10-11,19H,5,8-9,12-15H2,1-3H3,(H,25,30)(H,27,29). The maximum Gasteiger partial charge on any atom is 0.272 e. The summed E-state index contributed by atoms with van der Waals surface area (Å²) in [4.78, 5) is 30.6. The van der Waals surface area contributed by atoms with Crippen molar-refractivity contribution in [1.82, 2.24) is 20.2 Å². The fourth-order valence-electron chi connectivity index (χ4n) is 3.86. The lowest BCUT2D eigenvalue weighted by Crippen LogP contribution is -2.54. The second kappa shape index (κ2) is 9.41. The van der Waals surface area contributed by atoms with E-state index in [0.29, 0.717) is 5.69 Å². The molecule has 1 aliphatic rings. The zero-order chi connectivity index (χ0) is 21.7. The first-order valence-corrected chi connectivity index (χ1v) is 10.6. The summed E-state index contributed by atoms with van der Waals surface area (Å²) in [5, 5.41) is 5.41. The molecule has 0 fully saturated rings. The Balaban J connectivity index is 1.95. The molecule has 0 aliphatic carbocycles. The highest BCUT2D eigenvalue weighted by Gasteiger charge is 2.34. The van der Waals surface area contributed by atoms with Gasteiger partial charge in [0, 0.05) is 18.7 Å². The van der Waals surface area contributed by atoms with Crippen LogP contribution in [0.25, 0.3) is 11.4 Å². The van der Waals surface area contributed by atoms with Crippen molar-refractivity contribution < 1.29 is 14.0 Å². The Kier molecular flexibility index (Phi) is 6.90. The van der Waals surface area contributed by atoms with Gasteiger partial charge in [-0.3, -0.25) is 9.59 Å². The van der Waals surface area contributed by atoms with Crippen LogP contribution in [0.15, 0.2) is 30.3 Å². The summed E-state index contributed by atoms with van der Waals surface area (Å²) in [5.41, 5.74) is 1.73. The fraction of sp³-hybridized carbons (Fsp3) is 0.522. The Morgan fingerprint density at radius 1 is 1.17 bits per heavy atom. The van der Waals surface area contributed by atoms with Crippen molar-refractivity contribution >= 4 is 11.8 Å². The number of hydrogen-bond acceptors (Lipinski definition) is 3. The Bertz CT molecular complexity index is 887. The molecule has 30 heavy (non-hydrogen) atoms. The highest BCUT2D eigenvalue weighted by Crippen LogP contribution is 2.28.